The van der Waals surface area contributed by atoms with Crippen molar-refractivity contribution >= 4 is 17.5 Å². The summed E-state index contributed by atoms with van der Waals surface area (Å²) in [6.07, 6.45) is 0.227. The second-order valence-corrected chi connectivity index (χ2v) is 6.72. The van der Waals surface area contributed by atoms with Gasteiger partial charge in [0.2, 0.25) is 11.8 Å². The number of hydrogen-bond acceptors (Lipinski definition) is 4. The molecule has 6 heteroatoms. The number of rotatable bonds is 6. The highest BCUT2D eigenvalue weighted by Gasteiger charge is 2.34. The van der Waals surface area contributed by atoms with Crippen LogP contribution in [0.5, 0.6) is 11.5 Å². The summed E-state index contributed by atoms with van der Waals surface area (Å²) in [5, 5.41) is 2.87. The third-order valence-corrected chi connectivity index (χ3v) is 4.69. The second kappa shape index (κ2) is 8.12. The highest BCUT2D eigenvalue weighted by molar-refractivity contribution is 5.97. The lowest BCUT2D eigenvalue weighted by Crippen LogP contribution is -2.28. The van der Waals surface area contributed by atoms with E-state index in [1.54, 1.807) is 37.3 Å². The molecule has 0 bridgehead atoms. The Balaban J connectivity index is 1.63. The van der Waals surface area contributed by atoms with Gasteiger partial charge in [-0.05, 0) is 24.6 Å². The number of nitrogens with one attached hydrogen (secondary N) is 1. The van der Waals surface area contributed by atoms with Crippen molar-refractivity contribution in [1.82, 2.24) is 4.90 Å². The minimum Gasteiger partial charge on any atom is -0.493 e. The fourth-order valence-corrected chi connectivity index (χ4v) is 3.29. The molecule has 1 N–H and O–H groups in total. The van der Waals surface area contributed by atoms with Crippen LogP contribution >= 0.6 is 0 Å². The summed E-state index contributed by atoms with van der Waals surface area (Å²) in [6.45, 7) is 2.97. The molecule has 1 atom stereocenters. The van der Waals surface area contributed by atoms with Crippen molar-refractivity contribution in [1.29, 1.82) is 0 Å². The van der Waals surface area contributed by atoms with E-state index < -0.39 is 0 Å². The van der Waals surface area contributed by atoms with Crippen molar-refractivity contribution in [2.75, 3.05) is 26.1 Å². The number of nitrogens with zero attached hydrogens (tertiary/aromatic N) is 1. The van der Waals surface area contributed by atoms with Gasteiger partial charge >= 0.3 is 0 Å². The molecule has 0 radical (unpaired) electrons. The molecule has 2 aromatic carbocycles. The zero-order valence-corrected chi connectivity index (χ0v) is 15.8. The van der Waals surface area contributed by atoms with Crippen LogP contribution in [-0.2, 0) is 16.1 Å². The third-order valence-electron chi connectivity index (χ3n) is 4.69. The molecule has 0 aromatic heterocycles. The molecule has 0 aliphatic carbocycles. The SMILES string of the molecule is COc1ccc(NC(=O)C2CC(=O)N(Cc3cccc(C)c3)C2)cc1OC. The number of ether oxygens (including phenoxy) is 2. The van der Waals surface area contributed by atoms with Gasteiger partial charge in [-0.1, -0.05) is 29.8 Å². The summed E-state index contributed by atoms with van der Waals surface area (Å²) >= 11 is 0. The normalized spacial score (nSPS) is 16.3. The number of methoxy groups -OCH3 is 2. The highest BCUT2D eigenvalue weighted by Crippen LogP contribution is 2.30. The molecule has 2 amide bonds. The maximum Gasteiger partial charge on any atom is 0.229 e. The molecule has 27 heavy (non-hydrogen) atoms. The summed E-state index contributed by atoms with van der Waals surface area (Å²) in [4.78, 5) is 26.7. The molecule has 6 nitrogen and oxygen atoms in total. The lowest BCUT2D eigenvalue weighted by molar-refractivity contribution is -0.128. The number of hydrogen-bond donors (Lipinski definition) is 1. The Bertz CT molecular complexity index is 850. The van der Waals surface area contributed by atoms with Gasteiger partial charge in [0.1, 0.15) is 0 Å². The largest absolute Gasteiger partial charge is 0.493 e. The summed E-state index contributed by atoms with van der Waals surface area (Å²) in [7, 11) is 3.10. The van der Waals surface area contributed by atoms with Crippen molar-refractivity contribution in [2.24, 2.45) is 5.92 Å². The Morgan fingerprint density at radius 1 is 1.15 bits per heavy atom. The van der Waals surface area contributed by atoms with E-state index in [9.17, 15) is 9.59 Å². The Kier molecular flexibility index (Phi) is 5.64. The predicted octanol–water partition coefficient (Wildman–Crippen LogP) is 3.00. The van der Waals surface area contributed by atoms with E-state index in [-0.39, 0.29) is 24.2 Å². The van der Waals surface area contributed by atoms with Gasteiger partial charge in [0.05, 0.1) is 20.1 Å². The zero-order valence-electron chi connectivity index (χ0n) is 15.8. The number of carbonyl (C=O) groups excluding carboxylic acids is 2. The Hall–Kier alpha value is -3.02. The average Bonchev–Trinajstić information content (AvgIpc) is 3.02. The van der Waals surface area contributed by atoms with Gasteiger partial charge in [0, 0.05) is 31.3 Å². The van der Waals surface area contributed by atoms with E-state index in [0.29, 0.717) is 30.3 Å². The first-order chi connectivity index (χ1) is 13.0. The van der Waals surface area contributed by atoms with E-state index in [1.807, 2.05) is 25.1 Å². The van der Waals surface area contributed by atoms with Crippen LogP contribution in [0.25, 0.3) is 0 Å². The van der Waals surface area contributed by atoms with E-state index in [1.165, 1.54) is 0 Å². The molecular weight excluding hydrogens is 344 g/mol. The fourth-order valence-electron chi connectivity index (χ4n) is 3.29. The first-order valence-electron chi connectivity index (χ1n) is 8.86. The summed E-state index contributed by atoms with van der Waals surface area (Å²) in [5.74, 6) is 0.608. The van der Waals surface area contributed by atoms with Crippen LogP contribution in [0.2, 0.25) is 0 Å². The summed E-state index contributed by atoms with van der Waals surface area (Å²) < 4.78 is 10.5. The van der Waals surface area contributed by atoms with Crippen LogP contribution < -0.4 is 14.8 Å². The predicted molar refractivity (Wildman–Crippen MR) is 103 cm³/mol. The van der Waals surface area contributed by atoms with Gasteiger partial charge < -0.3 is 19.7 Å². The van der Waals surface area contributed by atoms with Crippen LogP contribution in [0.1, 0.15) is 17.5 Å². The van der Waals surface area contributed by atoms with Crippen molar-refractivity contribution in [3.63, 3.8) is 0 Å². The third kappa shape index (κ3) is 4.39. The zero-order chi connectivity index (χ0) is 19.4. The number of benzene rings is 2. The number of likely N-dealkylation sites (tertiary alicyclic amines) is 1. The fraction of sp³-hybridized carbons (Fsp3) is 0.333. The lowest BCUT2D eigenvalue weighted by Gasteiger charge is -2.17. The minimum atomic E-state index is -0.365. The maximum absolute atomic E-state index is 12.6. The van der Waals surface area contributed by atoms with Crippen LogP contribution in [0, 0.1) is 12.8 Å². The lowest BCUT2D eigenvalue weighted by atomic mass is 10.1. The maximum atomic E-state index is 12.6. The molecule has 0 saturated carbocycles. The number of aryl methyl sites for hydroxylation is 1. The topological polar surface area (TPSA) is 67.9 Å². The van der Waals surface area contributed by atoms with Crippen molar-refractivity contribution in [3.05, 3.63) is 53.6 Å². The Labute approximate surface area is 159 Å². The molecule has 1 saturated heterocycles. The molecule has 1 aliphatic rings. The summed E-state index contributed by atoms with van der Waals surface area (Å²) in [5.41, 5.74) is 2.84. The molecule has 142 valence electrons. The van der Waals surface area contributed by atoms with Gasteiger partial charge in [-0.25, -0.2) is 0 Å². The number of carbonyl (C=O) groups is 2. The van der Waals surface area contributed by atoms with Gasteiger partial charge in [-0.15, -0.1) is 0 Å². The first kappa shape index (κ1) is 18.8. The van der Waals surface area contributed by atoms with Crippen LogP contribution in [0.3, 0.4) is 0 Å². The molecule has 1 unspecified atom stereocenters. The molecule has 1 heterocycles. The molecule has 1 aliphatic heterocycles. The molecule has 2 aromatic rings. The van der Waals surface area contributed by atoms with Gasteiger partial charge in [-0.3, -0.25) is 9.59 Å². The van der Waals surface area contributed by atoms with E-state index in [0.717, 1.165) is 11.1 Å². The van der Waals surface area contributed by atoms with Crippen LogP contribution in [-0.4, -0.2) is 37.5 Å². The van der Waals surface area contributed by atoms with Crippen LogP contribution in [0.15, 0.2) is 42.5 Å². The second-order valence-electron chi connectivity index (χ2n) is 6.72. The quantitative estimate of drug-likeness (QED) is 0.851. The minimum absolute atomic E-state index is 0.00367. The average molecular weight is 368 g/mol. The molecular formula is C21H24N2O4. The van der Waals surface area contributed by atoms with E-state index >= 15 is 0 Å². The molecule has 0 spiro atoms. The molecule has 1 fully saturated rings. The van der Waals surface area contributed by atoms with E-state index in [4.69, 9.17) is 9.47 Å². The summed E-state index contributed by atoms with van der Waals surface area (Å²) in [6, 6.07) is 13.2. The molecule has 3 rings (SSSR count). The van der Waals surface area contributed by atoms with Crippen molar-refractivity contribution in [3.8, 4) is 11.5 Å². The van der Waals surface area contributed by atoms with Gasteiger partial charge in [0.25, 0.3) is 0 Å². The van der Waals surface area contributed by atoms with Crippen molar-refractivity contribution < 1.29 is 19.1 Å². The number of anilines is 1. The monoisotopic (exact) mass is 368 g/mol. The standard InChI is InChI=1S/C21H24N2O4/c1-14-5-4-6-15(9-14)12-23-13-16(10-20(23)24)21(25)22-17-7-8-18(26-2)19(11-17)27-3/h4-9,11,16H,10,12-13H2,1-3H3,(H,22,25). The smallest absolute Gasteiger partial charge is 0.229 e. The van der Waals surface area contributed by atoms with Gasteiger partial charge in [-0.2, -0.15) is 0 Å². The number of amides is 2. The van der Waals surface area contributed by atoms with E-state index in [2.05, 4.69) is 11.4 Å². The Morgan fingerprint density at radius 2 is 1.93 bits per heavy atom. The first-order valence-corrected chi connectivity index (χ1v) is 8.86. The van der Waals surface area contributed by atoms with Crippen LogP contribution in [0.4, 0.5) is 5.69 Å². The highest BCUT2D eigenvalue weighted by atomic mass is 16.5. The van der Waals surface area contributed by atoms with Crippen molar-refractivity contribution in [2.45, 2.75) is 19.9 Å². The van der Waals surface area contributed by atoms with Gasteiger partial charge in [0.15, 0.2) is 11.5 Å². The Morgan fingerprint density at radius 3 is 2.63 bits per heavy atom.